The van der Waals surface area contributed by atoms with E-state index in [0.29, 0.717) is 12.0 Å². The van der Waals surface area contributed by atoms with Gasteiger partial charge in [-0.25, -0.2) is 0 Å². The van der Waals surface area contributed by atoms with Crippen LogP contribution in [0.15, 0.2) is 0 Å². The second-order valence-electron chi connectivity index (χ2n) is 4.71. The molecule has 0 bridgehead atoms. The van der Waals surface area contributed by atoms with Crippen LogP contribution < -0.4 is 11.1 Å². The monoisotopic (exact) mass is 196 g/mol. The lowest BCUT2D eigenvalue weighted by atomic mass is 9.84. The summed E-state index contributed by atoms with van der Waals surface area (Å²) in [7, 11) is 0. The van der Waals surface area contributed by atoms with Crippen molar-refractivity contribution in [1.29, 1.82) is 0 Å². The van der Waals surface area contributed by atoms with E-state index < -0.39 is 0 Å². The minimum atomic E-state index is -0.254. The molecule has 0 saturated heterocycles. The Kier molecular flexibility index (Phi) is 3.06. The highest BCUT2D eigenvalue weighted by Gasteiger charge is 2.30. The molecule has 3 N–H and O–H groups in total. The maximum absolute atomic E-state index is 11.7. The molecule has 3 nitrogen and oxygen atoms in total. The molecule has 2 saturated carbocycles. The predicted octanol–water partition coefficient (Wildman–Crippen LogP) is 1.17. The van der Waals surface area contributed by atoms with Gasteiger partial charge in [-0.1, -0.05) is 19.3 Å². The number of rotatable bonds is 3. The normalized spacial score (nSPS) is 25.8. The Balaban J connectivity index is 1.78. The molecule has 2 rings (SSSR count). The zero-order valence-corrected chi connectivity index (χ0v) is 8.67. The van der Waals surface area contributed by atoms with Crippen LogP contribution in [0.5, 0.6) is 0 Å². The summed E-state index contributed by atoms with van der Waals surface area (Å²) in [4.78, 5) is 11.7. The minimum Gasteiger partial charge on any atom is -0.352 e. The van der Waals surface area contributed by atoms with Crippen molar-refractivity contribution in [3.8, 4) is 0 Å². The van der Waals surface area contributed by atoms with E-state index in [1.807, 2.05) is 0 Å². The van der Waals surface area contributed by atoms with Crippen LogP contribution in [-0.2, 0) is 4.79 Å². The Morgan fingerprint density at radius 2 is 1.79 bits per heavy atom. The highest BCUT2D eigenvalue weighted by atomic mass is 16.2. The van der Waals surface area contributed by atoms with E-state index in [2.05, 4.69) is 5.32 Å². The SMILES string of the molecule is N[C@H](C(=O)NC1CC1)C1CCCCC1. The molecule has 2 aliphatic carbocycles. The summed E-state index contributed by atoms with van der Waals surface area (Å²) >= 11 is 0. The van der Waals surface area contributed by atoms with Crippen LogP contribution in [0.4, 0.5) is 0 Å². The second kappa shape index (κ2) is 4.30. The zero-order chi connectivity index (χ0) is 9.97. The quantitative estimate of drug-likeness (QED) is 0.712. The third kappa shape index (κ3) is 2.47. The van der Waals surface area contributed by atoms with Crippen molar-refractivity contribution in [3.05, 3.63) is 0 Å². The Bertz CT molecular complexity index is 207. The van der Waals surface area contributed by atoms with Crippen molar-refractivity contribution < 1.29 is 4.79 Å². The van der Waals surface area contributed by atoms with Gasteiger partial charge in [0.1, 0.15) is 0 Å². The van der Waals surface area contributed by atoms with E-state index >= 15 is 0 Å². The maximum Gasteiger partial charge on any atom is 0.237 e. The number of nitrogens with one attached hydrogen (secondary N) is 1. The van der Waals surface area contributed by atoms with E-state index in [1.165, 1.54) is 19.3 Å². The van der Waals surface area contributed by atoms with Gasteiger partial charge in [-0.05, 0) is 31.6 Å². The summed E-state index contributed by atoms with van der Waals surface area (Å²) in [5.41, 5.74) is 5.96. The van der Waals surface area contributed by atoms with E-state index in [-0.39, 0.29) is 11.9 Å². The molecule has 0 heterocycles. The van der Waals surface area contributed by atoms with Gasteiger partial charge < -0.3 is 11.1 Å². The molecule has 0 radical (unpaired) electrons. The van der Waals surface area contributed by atoms with Crippen molar-refractivity contribution in [2.75, 3.05) is 0 Å². The van der Waals surface area contributed by atoms with Crippen LogP contribution in [0.1, 0.15) is 44.9 Å². The van der Waals surface area contributed by atoms with Gasteiger partial charge >= 0.3 is 0 Å². The van der Waals surface area contributed by atoms with Crippen LogP contribution in [0.2, 0.25) is 0 Å². The molecule has 0 aromatic heterocycles. The molecule has 0 unspecified atom stereocenters. The van der Waals surface area contributed by atoms with Crippen LogP contribution in [-0.4, -0.2) is 18.0 Å². The number of hydrogen-bond donors (Lipinski definition) is 2. The molecule has 0 spiro atoms. The Morgan fingerprint density at radius 3 is 2.36 bits per heavy atom. The predicted molar refractivity (Wildman–Crippen MR) is 55.7 cm³/mol. The number of nitrogens with two attached hydrogens (primary N) is 1. The lowest BCUT2D eigenvalue weighted by Gasteiger charge is -2.26. The van der Waals surface area contributed by atoms with Gasteiger partial charge in [0.15, 0.2) is 0 Å². The van der Waals surface area contributed by atoms with Crippen molar-refractivity contribution >= 4 is 5.91 Å². The fraction of sp³-hybridized carbons (Fsp3) is 0.909. The zero-order valence-electron chi connectivity index (χ0n) is 8.67. The Hall–Kier alpha value is -0.570. The van der Waals surface area contributed by atoms with E-state index in [4.69, 9.17) is 5.73 Å². The van der Waals surface area contributed by atoms with Crippen molar-refractivity contribution in [2.24, 2.45) is 11.7 Å². The highest BCUT2D eigenvalue weighted by Crippen LogP contribution is 2.26. The van der Waals surface area contributed by atoms with Crippen LogP contribution in [0, 0.1) is 5.92 Å². The smallest absolute Gasteiger partial charge is 0.237 e. The molecule has 80 valence electrons. The first-order valence-electron chi connectivity index (χ1n) is 5.83. The minimum absolute atomic E-state index is 0.0828. The van der Waals surface area contributed by atoms with E-state index in [9.17, 15) is 4.79 Å². The molecular formula is C11H20N2O. The highest BCUT2D eigenvalue weighted by molar-refractivity contribution is 5.82. The lowest BCUT2D eigenvalue weighted by molar-refractivity contribution is -0.123. The van der Waals surface area contributed by atoms with Gasteiger partial charge in [0.2, 0.25) is 5.91 Å². The van der Waals surface area contributed by atoms with Crippen LogP contribution >= 0.6 is 0 Å². The molecular weight excluding hydrogens is 176 g/mol. The van der Waals surface area contributed by atoms with Gasteiger partial charge in [0.25, 0.3) is 0 Å². The topological polar surface area (TPSA) is 55.1 Å². The number of hydrogen-bond acceptors (Lipinski definition) is 2. The summed E-state index contributed by atoms with van der Waals surface area (Å²) < 4.78 is 0. The Morgan fingerprint density at radius 1 is 1.14 bits per heavy atom. The third-order valence-corrected chi connectivity index (χ3v) is 3.38. The lowest BCUT2D eigenvalue weighted by Crippen LogP contribution is -2.46. The third-order valence-electron chi connectivity index (χ3n) is 3.38. The van der Waals surface area contributed by atoms with E-state index in [0.717, 1.165) is 25.7 Å². The van der Waals surface area contributed by atoms with Crippen LogP contribution in [0.3, 0.4) is 0 Å². The van der Waals surface area contributed by atoms with Crippen molar-refractivity contribution in [3.63, 3.8) is 0 Å². The van der Waals surface area contributed by atoms with Gasteiger partial charge in [-0.2, -0.15) is 0 Å². The standard InChI is InChI=1S/C11H20N2O/c12-10(8-4-2-1-3-5-8)11(14)13-9-6-7-9/h8-10H,1-7,12H2,(H,13,14)/t10-/m0/s1. The summed E-state index contributed by atoms with van der Waals surface area (Å²) in [6.45, 7) is 0. The van der Waals surface area contributed by atoms with Gasteiger partial charge in [-0.15, -0.1) is 0 Å². The Labute approximate surface area is 85.4 Å². The number of carbonyl (C=O) groups is 1. The molecule has 0 aromatic rings. The summed E-state index contributed by atoms with van der Waals surface area (Å²) in [6, 6.07) is 0.188. The first-order valence-corrected chi connectivity index (χ1v) is 5.83. The molecule has 1 atom stereocenters. The van der Waals surface area contributed by atoms with Gasteiger partial charge in [0, 0.05) is 6.04 Å². The summed E-state index contributed by atoms with van der Waals surface area (Å²) in [5, 5.41) is 2.99. The molecule has 2 fully saturated rings. The largest absolute Gasteiger partial charge is 0.352 e. The van der Waals surface area contributed by atoms with Crippen molar-refractivity contribution in [2.45, 2.75) is 57.0 Å². The average Bonchev–Trinajstić information content (AvgIpc) is 3.02. The molecule has 0 aromatic carbocycles. The molecule has 1 amide bonds. The summed E-state index contributed by atoms with van der Waals surface area (Å²) in [6.07, 6.45) is 8.36. The number of carbonyl (C=O) groups excluding carboxylic acids is 1. The van der Waals surface area contributed by atoms with Crippen molar-refractivity contribution in [1.82, 2.24) is 5.32 Å². The van der Waals surface area contributed by atoms with Crippen LogP contribution in [0.25, 0.3) is 0 Å². The number of amides is 1. The van der Waals surface area contributed by atoms with Gasteiger partial charge in [0.05, 0.1) is 6.04 Å². The van der Waals surface area contributed by atoms with Gasteiger partial charge in [-0.3, -0.25) is 4.79 Å². The average molecular weight is 196 g/mol. The molecule has 3 heteroatoms. The first kappa shape index (κ1) is 9.97. The fourth-order valence-corrected chi connectivity index (χ4v) is 2.23. The molecule has 0 aliphatic heterocycles. The fourth-order valence-electron chi connectivity index (χ4n) is 2.23. The molecule has 14 heavy (non-hydrogen) atoms. The molecule has 2 aliphatic rings. The summed E-state index contributed by atoms with van der Waals surface area (Å²) in [5.74, 6) is 0.516. The maximum atomic E-state index is 11.7. The first-order chi connectivity index (χ1) is 6.77. The second-order valence-corrected chi connectivity index (χ2v) is 4.71. The van der Waals surface area contributed by atoms with E-state index in [1.54, 1.807) is 0 Å².